The zero-order valence-corrected chi connectivity index (χ0v) is 13.8. The van der Waals surface area contributed by atoms with Crippen LogP contribution in [0.15, 0.2) is 48.5 Å². The largest absolute Gasteiger partial charge is 0.477 e. The number of hydrogen-bond acceptors (Lipinski definition) is 3. The lowest BCUT2D eigenvalue weighted by molar-refractivity contribution is 0.0689. The van der Waals surface area contributed by atoms with E-state index in [1.54, 1.807) is 12.1 Å². The molecule has 5 nitrogen and oxygen atoms in total. The van der Waals surface area contributed by atoms with E-state index in [2.05, 4.69) is 17.1 Å². The molecule has 4 rings (SSSR count). The van der Waals surface area contributed by atoms with E-state index in [0.29, 0.717) is 18.4 Å². The minimum absolute atomic E-state index is 0.0902. The quantitative estimate of drug-likeness (QED) is 0.934. The van der Waals surface area contributed by atoms with Gasteiger partial charge < -0.3 is 10.0 Å². The molecule has 1 amide bonds. The number of carbonyl (C=O) groups is 2. The second-order valence-corrected chi connectivity index (χ2v) is 6.85. The van der Waals surface area contributed by atoms with E-state index in [9.17, 15) is 9.59 Å². The van der Waals surface area contributed by atoms with Gasteiger partial charge in [-0.2, -0.15) is 0 Å². The topological polar surface area (TPSA) is 70.5 Å². The molecule has 0 radical (unpaired) electrons. The smallest absolute Gasteiger partial charge is 0.354 e. The van der Waals surface area contributed by atoms with Crippen molar-refractivity contribution >= 4 is 11.9 Å². The lowest BCUT2D eigenvalue weighted by atomic mass is 9.87. The molecule has 3 atom stereocenters. The number of aromatic carboxylic acids is 1. The molecule has 0 bridgehead atoms. The Morgan fingerprint density at radius 2 is 1.76 bits per heavy atom. The Morgan fingerprint density at radius 1 is 1.00 bits per heavy atom. The first-order valence-electron chi connectivity index (χ1n) is 8.71. The van der Waals surface area contributed by atoms with Crippen LogP contribution in [0.25, 0.3) is 0 Å². The van der Waals surface area contributed by atoms with Crippen molar-refractivity contribution in [2.45, 2.75) is 31.2 Å². The van der Waals surface area contributed by atoms with Crippen LogP contribution in [-0.4, -0.2) is 39.5 Å². The van der Waals surface area contributed by atoms with E-state index >= 15 is 0 Å². The van der Waals surface area contributed by atoms with Crippen molar-refractivity contribution in [3.63, 3.8) is 0 Å². The van der Waals surface area contributed by atoms with Crippen molar-refractivity contribution in [2.75, 3.05) is 6.54 Å². The zero-order valence-electron chi connectivity index (χ0n) is 13.8. The molecule has 1 saturated heterocycles. The Labute approximate surface area is 146 Å². The first-order valence-corrected chi connectivity index (χ1v) is 8.71. The fourth-order valence-corrected chi connectivity index (χ4v) is 4.41. The minimum atomic E-state index is -1.11. The highest BCUT2D eigenvalue weighted by Gasteiger charge is 2.46. The number of rotatable bonds is 3. The normalized spacial score (nSPS) is 25.0. The fraction of sp³-hybridized carbons (Fsp3) is 0.350. The highest BCUT2D eigenvalue weighted by Crippen LogP contribution is 2.46. The summed E-state index contributed by atoms with van der Waals surface area (Å²) in [5.74, 6) is -0.440. The summed E-state index contributed by atoms with van der Waals surface area (Å²) in [6.45, 7) is 0.678. The molecule has 1 saturated carbocycles. The van der Waals surface area contributed by atoms with Gasteiger partial charge in [-0.05, 0) is 36.5 Å². The number of nitrogens with zero attached hydrogens (tertiary/aromatic N) is 2. The number of hydrogen-bond donors (Lipinski definition) is 1. The van der Waals surface area contributed by atoms with Gasteiger partial charge in [0.1, 0.15) is 11.4 Å². The molecule has 0 spiro atoms. The van der Waals surface area contributed by atoms with E-state index in [4.69, 9.17) is 5.11 Å². The Balaban J connectivity index is 1.63. The molecular formula is C20H20N2O3. The molecule has 1 aromatic heterocycles. The third-order valence-electron chi connectivity index (χ3n) is 5.52. The monoisotopic (exact) mass is 336 g/mol. The first kappa shape index (κ1) is 15.8. The van der Waals surface area contributed by atoms with Gasteiger partial charge in [0.25, 0.3) is 5.91 Å². The van der Waals surface area contributed by atoms with Crippen LogP contribution in [0.4, 0.5) is 0 Å². The summed E-state index contributed by atoms with van der Waals surface area (Å²) in [7, 11) is 0. The van der Waals surface area contributed by atoms with Crippen molar-refractivity contribution < 1.29 is 14.7 Å². The second-order valence-electron chi connectivity index (χ2n) is 6.85. The van der Waals surface area contributed by atoms with E-state index in [-0.39, 0.29) is 23.3 Å². The number of amides is 1. The Kier molecular flexibility index (Phi) is 3.99. The number of likely N-dealkylation sites (tertiary alicyclic amines) is 1. The Bertz CT molecular complexity index is 806. The number of aromatic nitrogens is 1. The third-order valence-corrected chi connectivity index (χ3v) is 5.52. The number of pyridine rings is 1. The lowest BCUT2D eigenvalue weighted by Gasteiger charge is -2.23. The summed E-state index contributed by atoms with van der Waals surface area (Å²) in [4.78, 5) is 30.1. The van der Waals surface area contributed by atoms with E-state index in [0.717, 1.165) is 19.3 Å². The highest BCUT2D eigenvalue weighted by atomic mass is 16.4. The van der Waals surface area contributed by atoms with Crippen LogP contribution in [0.5, 0.6) is 0 Å². The van der Waals surface area contributed by atoms with Gasteiger partial charge in [0.15, 0.2) is 0 Å². The first-order chi connectivity index (χ1) is 12.1. The van der Waals surface area contributed by atoms with Crippen LogP contribution in [0, 0.1) is 5.92 Å². The van der Waals surface area contributed by atoms with Crippen molar-refractivity contribution in [3.05, 3.63) is 65.5 Å². The number of carboxylic acid groups (broad SMARTS) is 1. The Hall–Kier alpha value is -2.69. The van der Waals surface area contributed by atoms with Gasteiger partial charge in [-0.15, -0.1) is 0 Å². The molecule has 2 fully saturated rings. The molecular weight excluding hydrogens is 316 g/mol. The molecule has 5 heteroatoms. The van der Waals surface area contributed by atoms with Gasteiger partial charge in [-0.3, -0.25) is 4.79 Å². The maximum Gasteiger partial charge on any atom is 0.354 e. The summed E-state index contributed by atoms with van der Waals surface area (Å²) in [5, 5.41) is 9.11. The average Bonchev–Trinajstić information content (AvgIpc) is 3.24. The van der Waals surface area contributed by atoms with E-state index < -0.39 is 5.97 Å². The number of carboxylic acids is 1. The minimum Gasteiger partial charge on any atom is -0.477 e. The van der Waals surface area contributed by atoms with Gasteiger partial charge >= 0.3 is 5.97 Å². The summed E-state index contributed by atoms with van der Waals surface area (Å²) in [5.41, 5.74) is 1.41. The summed E-state index contributed by atoms with van der Waals surface area (Å²) >= 11 is 0. The van der Waals surface area contributed by atoms with Crippen LogP contribution in [0.3, 0.4) is 0 Å². The standard InChI is InChI=1S/C20H20N2O3/c23-19(16-9-5-10-17(21-16)20(24)25)22-12-15(13-6-2-1-3-7-13)14-8-4-11-18(14)22/h1-3,5-7,9-10,14-15,18H,4,8,11-12H2,(H,24,25). The molecule has 2 heterocycles. The molecule has 128 valence electrons. The molecule has 3 unspecified atom stereocenters. The van der Waals surface area contributed by atoms with E-state index in [1.807, 2.05) is 23.1 Å². The molecule has 1 aliphatic carbocycles. The van der Waals surface area contributed by atoms with Gasteiger partial charge in [0.2, 0.25) is 0 Å². The van der Waals surface area contributed by atoms with Gasteiger partial charge in [-0.25, -0.2) is 9.78 Å². The molecule has 1 aliphatic heterocycles. The van der Waals surface area contributed by atoms with Gasteiger partial charge in [-0.1, -0.05) is 42.8 Å². The van der Waals surface area contributed by atoms with Gasteiger partial charge in [0, 0.05) is 18.5 Å². The third kappa shape index (κ3) is 2.80. The average molecular weight is 336 g/mol. The molecule has 2 aromatic rings. The lowest BCUT2D eigenvalue weighted by Crippen LogP contribution is -2.36. The van der Waals surface area contributed by atoms with Crippen LogP contribution in [-0.2, 0) is 0 Å². The van der Waals surface area contributed by atoms with Crippen LogP contribution in [0.2, 0.25) is 0 Å². The van der Waals surface area contributed by atoms with Crippen molar-refractivity contribution in [1.29, 1.82) is 0 Å². The molecule has 1 N–H and O–H groups in total. The molecule has 1 aromatic carbocycles. The summed E-state index contributed by atoms with van der Waals surface area (Å²) in [6.07, 6.45) is 3.28. The fourth-order valence-electron chi connectivity index (χ4n) is 4.41. The predicted octanol–water partition coefficient (Wildman–Crippen LogP) is 3.19. The Morgan fingerprint density at radius 3 is 2.52 bits per heavy atom. The number of benzene rings is 1. The van der Waals surface area contributed by atoms with Crippen LogP contribution in [0.1, 0.15) is 51.7 Å². The molecule has 2 aliphatic rings. The van der Waals surface area contributed by atoms with Crippen LogP contribution >= 0.6 is 0 Å². The highest BCUT2D eigenvalue weighted by molar-refractivity contribution is 5.94. The van der Waals surface area contributed by atoms with Crippen molar-refractivity contribution in [1.82, 2.24) is 9.88 Å². The SMILES string of the molecule is O=C(O)c1cccc(C(=O)N2CC(c3ccccc3)C3CCCC32)n1. The maximum atomic E-state index is 13.0. The van der Waals surface area contributed by atoms with Crippen LogP contribution < -0.4 is 0 Å². The summed E-state index contributed by atoms with van der Waals surface area (Å²) in [6, 6.07) is 15.2. The van der Waals surface area contributed by atoms with Crippen molar-refractivity contribution in [2.24, 2.45) is 5.92 Å². The zero-order chi connectivity index (χ0) is 17.4. The maximum absolute atomic E-state index is 13.0. The summed E-state index contributed by atoms with van der Waals surface area (Å²) < 4.78 is 0. The molecule has 25 heavy (non-hydrogen) atoms. The van der Waals surface area contributed by atoms with Gasteiger partial charge in [0.05, 0.1) is 0 Å². The second kappa shape index (κ2) is 6.31. The van der Waals surface area contributed by atoms with E-state index in [1.165, 1.54) is 11.6 Å². The number of carbonyl (C=O) groups excluding carboxylic acids is 1. The predicted molar refractivity (Wildman–Crippen MR) is 92.5 cm³/mol. The van der Waals surface area contributed by atoms with Crippen molar-refractivity contribution in [3.8, 4) is 0 Å². The number of fused-ring (bicyclic) bond motifs is 1.